The van der Waals surface area contributed by atoms with Crippen LogP contribution < -0.4 is 5.32 Å². The first-order valence-corrected chi connectivity index (χ1v) is 7.03. The average Bonchev–Trinajstić information content (AvgIpc) is 2.16. The van der Waals surface area contributed by atoms with Crippen molar-refractivity contribution in [3.05, 3.63) is 0 Å². The van der Waals surface area contributed by atoms with E-state index >= 15 is 0 Å². The Bertz CT molecular complexity index is 188. The van der Waals surface area contributed by atoms with Crippen LogP contribution in [0, 0.1) is 5.92 Å². The van der Waals surface area contributed by atoms with Crippen LogP contribution in [0.25, 0.3) is 0 Å². The zero-order valence-electron chi connectivity index (χ0n) is 10.6. The highest BCUT2D eigenvalue weighted by molar-refractivity contribution is 7.74. The molecule has 0 aromatic rings. The molecule has 2 atom stereocenters. The van der Waals surface area contributed by atoms with Gasteiger partial charge in [0, 0.05) is 6.04 Å². The fourth-order valence-electron chi connectivity index (χ4n) is 1.49. The summed E-state index contributed by atoms with van der Waals surface area (Å²) in [4.78, 5) is 0. The van der Waals surface area contributed by atoms with Crippen molar-refractivity contribution in [2.75, 3.05) is 13.2 Å². The Hall–Kier alpha value is 0.0300. The molecule has 0 aromatic heterocycles. The second-order valence-corrected chi connectivity index (χ2v) is 5.24. The first kappa shape index (κ1) is 16.0. The van der Waals surface area contributed by atoms with Gasteiger partial charge in [-0.15, -0.1) is 0 Å². The van der Waals surface area contributed by atoms with E-state index in [2.05, 4.69) is 30.3 Å². The molecular formula is C11H25NO3S. The lowest BCUT2D eigenvalue weighted by Gasteiger charge is -2.14. The summed E-state index contributed by atoms with van der Waals surface area (Å²) in [5.41, 5.74) is 0. The standard InChI is InChI=1S/C11H25NO3S/c1-10(2)6-4-7-11(3)12-8-5-9-15-16(13)14/h10-12H,4-9H2,1-3H3,(H,13,14). The summed E-state index contributed by atoms with van der Waals surface area (Å²) in [5, 5.41) is 3.37. The lowest BCUT2D eigenvalue weighted by atomic mass is 10.0. The highest BCUT2D eigenvalue weighted by Crippen LogP contribution is 2.08. The number of hydrogen-bond donors (Lipinski definition) is 2. The van der Waals surface area contributed by atoms with Crippen molar-refractivity contribution >= 4 is 11.4 Å². The Morgan fingerprint density at radius 3 is 2.50 bits per heavy atom. The van der Waals surface area contributed by atoms with Gasteiger partial charge in [-0.05, 0) is 32.2 Å². The smallest absolute Gasteiger partial charge is 0.301 e. The summed E-state index contributed by atoms with van der Waals surface area (Å²) in [6.45, 7) is 7.81. The number of nitrogens with one attached hydrogen (secondary N) is 1. The molecule has 98 valence electrons. The highest BCUT2D eigenvalue weighted by atomic mass is 32.2. The topological polar surface area (TPSA) is 58.6 Å². The maximum atomic E-state index is 10.2. The van der Waals surface area contributed by atoms with Gasteiger partial charge in [0.05, 0.1) is 6.61 Å². The van der Waals surface area contributed by atoms with Crippen LogP contribution in [0.5, 0.6) is 0 Å². The Balaban J connectivity index is 3.23. The zero-order valence-corrected chi connectivity index (χ0v) is 11.4. The predicted octanol–water partition coefficient (Wildman–Crippen LogP) is 2.33. The predicted molar refractivity (Wildman–Crippen MR) is 67.5 cm³/mol. The van der Waals surface area contributed by atoms with Crippen LogP contribution in [0.2, 0.25) is 0 Å². The van der Waals surface area contributed by atoms with Gasteiger partial charge in [0.2, 0.25) is 0 Å². The molecule has 0 spiro atoms. The van der Waals surface area contributed by atoms with Gasteiger partial charge in [0.15, 0.2) is 0 Å². The maximum Gasteiger partial charge on any atom is 0.301 e. The van der Waals surface area contributed by atoms with Gasteiger partial charge in [0.25, 0.3) is 0 Å². The van der Waals surface area contributed by atoms with E-state index < -0.39 is 11.4 Å². The van der Waals surface area contributed by atoms with Crippen molar-refractivity contribution < 1.29 is 12.9 Å². The van der Waals surface area contributed by atoms with Crippen molar-refractivity contribution in [2.24, 2.45) is 5.92 Å². The van der Waals surface area contributed by atoms with E-state index in [1.165, 1.54) is 19.3 Å². The molecule has 0 radical (unpaired) electrons. The molecule has 16 heavy (non-hydrogen) atoms. The molecule has 0 aliphatic carbocycles. The van der Waals surface area contributed by atoms with E-state index in [4.69, 9.17) is 4.55 Å². The zero-order chi connectivity index (χ0) is 12.4. The first-order chi connectivity index (χ1) is 7.52. The molecule has 0 saturated heterocycles. The summed E-state index contributed by atoms with van der Waals surface area (Å²) in [5.74, 6) is 0.778. The second kappa shape index (κ2) is 10.2. The summed E-state index contributed by atoms with van der Waals surface area (Å²) in [6, 6.07) is 0.512. The van der Waals surface area contributed by atoms with E-state index in [1.807, 2.05) is 0 Å². The van der Waals surface area contributed by atoms with E-state index in [0.29, 0.717) is 12.6 Å². The van der Waals surface area contributed by atoms with Crippen LogP contribution in [0.15, 0.2) is 0 Å². The van der Waals surface area contributed by atoms with Crippen molar-refractivity contribution in [3.63, 3.8) is 0 Å². The third-order valence-corrected chi connectivity index (χ3v) is 2.78. The van der Waals surface area contributed by atoms with E-state index in [1.54, 1.807) is 0 Å². The fraction of sp³-hybridized carbons (Fsp3) is 1.00. The first-order valence-electron chi connectivity index (χ1n) is 6.00. The number of rotatable bonds is 10. The van der Waals surface area contributed by atoms with Crippen LogP contribution >= 0.6 is 0 Å². The van der Waals surface area contributed by atoms with Crippen LogP contribution in [-0.4, -0.2) is 28.0 Å². The second-order valence-electron chi connectivity index (χ2n) is 4.57. The molecule has 0 fully saturated rings. The van der Waals surface area contributed by atoms with Gasteiger partial charge in [-0.1, -0.05) is 26.7 Å². The quantitative estimate of drug-likeness (QED) is 0.462. The molecule has 0 saturated carbocycles. The molecule has 2 N–H and O–H groups in total. The molecule has 0 aliphatic heterocycles. The van der Waals surface area contributed by atoms with Crippen LogP contribution in [0.3, 0.4) is 0 Å². The molecule has 0 bridgehead atoms. The molecule has 4 nitrogen and oxygen atoms in total. The van der Waals surface area contributed by atoms with Crippen molar-refractivity contribution in [2.45, 2.75) is 52.5 Å². The van der Waals surface area contributed by atoms with Crippen LogP contribution in [-0.2, 0) is 15.5 Å². The minimum absolute atomic E-state index is 0.328. The van der Waals surface area contributed by atoms with Gasteiger partial charge in [-0.2, -0.15) is 4.21 Å². The van der Waals surface area contributed by atoms with E-state index in [-0.39, 0.29) is 0 Å². The normalized spacial score (nSPS) is 15.3. The molecule has 0 amide bonds. The monoisotopic (exact) mass is 251 g/mol. The van der Waals surface area contributed by atoms with Crippen molar-refractivity contribution in [1.82, 2.24) is 5.32 Å². The molecule has 0 aliphatic rings. The third kappa shape index (κ3) is 12.1. The summed E-state index contributed by atoms with van der Waals surface area (Å²) in [6.07, 6.45) is 4.48. The van der Waals surface area contributed by atoms with E-state index in [9.17, 15) is 4.21 Å². The molecule has 0 rings (SSSR count). The molecule has 0 aromatic carbocycles. The lowest BCUT2D eigenvalue weighted by molar-refractivity contribution is 0.296. The SMILES string of the molecule is CC(C)CCCC(C)NCCCOS(=O)O. The van der Waals surface area contributed by atoms with Gasteiger partial charge < -0.3 is 5.32 Å². The Morgan fingerprint density at radius 2 is 1.94 bits per heavy atom. The summed E-state index contributed by atoms with van der Waals surface area (Å²) in [7, 11) is 0. The largest absolute Gasteiger partial charge is 0.314 e. The van der Waals surface area contributed by atoms with Gasteiger partial charge >= 0.3 is 11.4 Å². The molecule has 5 heteroatoms. The Labute approximate surface area is 102 Å². The molecular weight excluding hydrogens is 226 g/mol. The van der Waals surface area contributed by atoms with Gasteiger partial charge in [0.1, 0.15) is 0 Å². The lowest BCUT2D eigenvalue weighted by Crippen LogP contribution is -2.27. The molecule has 0 heterocycles. The van der Waals surface area contributed by atoms with Crippen LogP contribution in [0.4, 0.5) is 0 Å². The minimum Gasteiger partial charge on any atom is -0.314 e. The van der Waals surface area contributed by atoms with Gasteiger partial charge in [-0.25, -0.2) is 0 Å². The Morgan fingerprint density at radius 1 is 1.25 bits per heavy atom. The highest BCUT2D eigenvalue weighted by Gasteiger charge is 2.02. The van der Waals surface area contributed by atoms with Crippen LogP contribution in [0.1, 0.15) is 46.5 Å². The third-order valence-electron chi connectivity index (χ3n) is 2.42. The van der Waals surface area contributed by atoms with Crippen molar-refractivity contribution in [1.29, 1.82) is 0 Å². The summed E-state index contributed by atoms with van der Waals surface area (Å²) < 4.78 is 23.1. The summed E-state index contributed by atoms with van der Waals surface area (Å²) >= 11 is -2.12. The van der Waals surface area contributed by atoms with E-state index in [0.717, 1.165) is 18.9 Å². The minimum atomic E-state index is -2.12. The fourth-order valence-corrected chi connectivity index (χ4v) is 1.75. The van der Waals surface area contributed by atoms with Gasteiger partial charge in [-0.3, -0.25) is 8.74 Å². The number of hydrogen-bond acceptors (Lipinski definition) is 3. The van der Waals surface area contributed by atoms with Crippen molar-refractivity contribution in [3.8, 4) is 0 Å². The maximum absolute atomic E-state index is 10.2. The Kier molecular flexibility index (Phi) is 10.2. The molecule has 2 unspecified atom stereocenters. The average molecular weight is 251 g/mol.